The molecular formula is C19H21NO. The van der Waals surface area contributed by atoms with E-state index in [-0.39, 0.29) is 5.41 Å². The quantitative estimate of drug-likeness (QED) is 0.704. The Bertz CT molecular complexity index is 726. The van der Waals surface area contributed by atoms with Crippen LogP contribution in [0.4, 0.5) is 0 Å². The van der Waals surface area contributed by atoms with E-state index in [1.165, 1.54) is 32.1 Å². The van der Waals surface area contributed by atoms with Crippen molar-refractivity contribution in [2.45, 2.75) is 51.9 Å². The van der Waals surface area contributed by atoms with Crippen molar-refractivity contribution >= 4 is 16.7 Å². The van der Waals surface area contributed by atoms with Gasteiger partial charge in [-0.1, -0.05) is 37.5 Å². The van der Waals surface area contributed by atoms with Crippen LogP contribution < -0.4 is 0 Å². The van der Waals surface area contributed by atoms with Crippen molar-refractivity contribution in [1.29, 1.82) is 0 Å². The van der Waals surface area contributed by atoms with Crippen molar-refractivity contribution < 1.29 is 4.79 Å². The smallest absolute Gasteiger partial charge is 0.165 e. The van der Waals surface area contributed by atoms with E-state index >= 15 is 0 Å². The molecule has 0 radical (unpaired) electrons. The number of benzene rings is 1. The van der Waals surface area contributed by atoms with Crippen molar-refractivity contribution in [2.75, 3.05) is 0 Å². The van der Waals surface area contributed by atoms with Gasteiger partial charge in [-0.15, -0.1) is 0 Å². The number of nitrogens with zero attached hydrogens (tertiary/aromatic N) is 1. The molecule has 1 fully saturated rings. The average Bonchev–Trinajstić information content (AvgIpc) is 2.47. The highest BCUT2D eigenvalue weighted by molar-refractivity contribution is 6.03. The number of para-hydroxylation sites is 1. The molecule has 0 saturated heterocycles. The Morgan fingerprint density at radius 2 is 1.81 bits per heavy atom. The Hall–Kier alpha value is -1.70. The molecule has 108 valence electrons. The standard InChI is InChI=1S/C19H21NO/c1-13-14-7-3-4-8-15(14)20-16-11-19(9-5-2-6-10-19)12-17(21)18(13)16/h3-4,7-8H,2,5-6,9-12H2,1H3. The molecule has 2 aliphatic carbocycles. The molecule has 2 nitrogen and oxygen atoms in total. The molecule has 1 saturated carbocycles. The zero-order chi connectivity index (χ0) is 14.4. The predicted octanol–water partition coefficient (Wildman–Crippen LogP) is 4.62. The Labute approximate surface area is 125 Å². The van der Waals surface area contributed by atoms with E-state index < -0.39 is 0 Å². The number of ketones is 1. The van der Waals surface area contributed by atoms with Crippen molar-refractivity contribution in [3.8, 4) is 0 Å². The number of carbonyl (C=O) groups excluding carboxylic acids is 1. The SMILES string of the molecule is Cc1c2c(nc3ccccc13)CC1(CCCCC1)CC2=O. The monoisotopic (exact) mass is 279 g/mol. The number of pyridine rings is 1. The Morgan fingerprint density at radius 1 is 1.05 bits per heavy atom. The highest BCUT2D eigenvalue weighted by Gasteiger charge is 2.40. The second kappa shape index (κ2) is 4.66. The van der Waals surface area contributed by atoms with Gasteiger partial charge in [-0.25, -0.2) is 0 Å². The first-order valence-electron chi connectivity index (χ1n) is 8.10. The lowest BCUT2D eigenvalue weighted by atomic mass is 9.64. The lowest BCUT2D eigenvalue weighted by molar-refractivity contribution is 0.0817. The lowest BCUT2D eigenvalue weighted by Gasteiger charge is -2.40. The van der Waals surface area contributed by atoms with Crippen LogP contribution in [0.25, 0.3) is 10.9 Å². The third kappa shape index (κ3) is 2.00. The molecule has 0 amide bonds. The van der Waals surface area contributed by atoms with Gasteiger partial charge in [0.15, 0.2) is 5.78 Å². The van der Waals surface area contributed by atoms with Crippen LogP contribution in [-0.4, -0.2) is 10.8 Å². The zero-order valence-electron chi connectivity index (χ0n) is 12.6. The molecule has 4 rings (SSSR count). The summed E-state index contributed by atoms with van der Waals surface area (Å²) < 4.78 is 0. The van der Waals surface area contributed by atoms with Crippen LogP contribution >= 0.6 is 0 Å². The van der Waals surface area contributed by atoms with E-state index in [0.29, 0.717) is 5.78 Å². The van der Waals surface area contributed by atoms with Gasteiger partial charge in [-0.2, -0.15) is 0 Å². The molecule has 1 heterocycles. The Balaban J connectivity index is 1.88. The van der Waals surface area contributed by atoms with Crippen LogP contribution in [0.5, 0.6) is 0 Å². The third-order valence-electron chi connectivity index (χ3n) is 5.50. The topological polar surface area (TPSA) is 30.0 Å². The number of carbonyl (C=O) groups is 1. The second-order valence-corrected chi connectivity index (χ2v) is 6.91. The maximum atomic E-state index is 12.8. The Kier molecular flexibility index (Phi) is 2.88. The first-order valence-corrected chi connectivity index (χ1v) is 8.10. The molecule has 2 aromatic rings. The molecule has 2 heteroatoms. The average molecular weight is 279 g/mol. The van der Waals surface area contributed by atoms with Crippen molar-refractivity contribution in [1.82, 2.24) is 4.98 Å². The molecule has 0 unspecified atom stereocenters. The molecular weight excluding hydrogens is 258 g/mol. The molecule has 2 aliphatic rings. The summed E-state index contributed by atoms with van der Waals surface area (Å²) in [7, 11) is 0. The van der Waals surface area contributed by atoms with E-state index in [1.807, 2.05) is 12.1 Å². The minimum Gasteiger partial charge on any atom is -0.294 e. The van der Waals surface area contributed by atoms with Gasteiger partial charge in [0, 0.05) is 17.4 Å². The second-order valence-electron chi connectivity index (χ2n) is 6.91. The largest absolute Gasteiger partial charge is 0.294 e. The fraction of sp³-hybridized carbons (Fsp3) is 0.474. The highest BCUT2D eigenvalue weighted by atomic mass is 16.1. The van der Waals surface area contributed by atoms with E-state index in [0.717, 1.165) is 40.6 Å². The molecule has 0 N–H and O–H groups in total. The van der Waals surface area contributed by atoms with Gasteiger partial charge >= 0.3 is 0 Å². The van der Waals surface area contributed by atoms with Crippen molar-refractivity contribution in [3.63, 3.8) is 0 Å². The van der Waals surface area contributed by atoms with Crippen LogP contribution in [0.1, 0.15) is 60.1 Å². The van der Waals surface area contributed by atoms with Crippen LogP contribution in [0, 0.1) is 12.3 Å². The van der Waals surface area contributed by atoms with Crippen molar-refractivity contribution in [3.05, 3.63) is 41.1 Å². The summed E-state index contributed by atoms with van der Waals surface area (Å²) in [5.41, 5.74) is 4.36. The van der Waals surface area contributed by atoms with Crippen LogP contribution in [0.15, 0.2) is 24.3 Å². The molecule has 21 heavy (non-hydrogen) atoms. The molecule has 1 spiro atoms. The summed E-state index contributed by atoms with van der Waals surface area (Å²) in [6, 6.07) is 8.20. The minimum absolute atomic E-state index is 0.213. The molecule has 1 aromatic carbocycles. The molecule has 1 aromatic heterocycles. The van der Waals surface area contributed by atoms with Gasteiger partial charge in [-0.3, -0.25) is 9.78 Å². The van der Waals surface area contributed by atoms with Gasteiger partial charge < -0.3 is 0 Å². The van der Waals surface area contributed by atoms with Gasteiger partial charge in [0.1, 0.15) is 0 Å². The molecule has 0 bridgehead atoms. The number of fused-ring (bicyclic) bond motifs is 2. The van der Waals surface area contributed by atoms with Crippen LogP contribution in [0.3, 0.4) is 0 Å². The summed E-state index contributed by atoms with van der Waals surface area (Å²) in [4.78, 5) is 17.6. The van der Waals surface area contributed by atoms with Gasteiger partial charge in [0.25, 0.3) is 0 Å². The summed E-state index contributed by atoms with van der Waals surface area (Å²) >= 11 is 0. The number of hydrogen-bond donors (Lipinski definition) is 0. The Morgan fingerprint density at radius 3 is 2.62 bits per heavy atom. The van der Waals surface area contributed by atoms with Gasteiger partial charge in [-0.05, 0) is 43.2 Å². The van der Waals surface area contributed by atoms with E-state index in [4.69, 9.17) is 4.98 Å². The van der Waals surface area contributed by atoms with Crippen molar-refractivity contribution in [2.24, 2.45) is 5.41 Å². The van der Waals surface area contributed by atoms with Gasteiger partial charge in [0.2, 0.25) is 0 Å². The third-order valence-corrected chi connectivity index (χ3v) is 5.50. The number of aryl methyl sites for hydroxylation is 1. The van der Waals surface area contributed by atoms with Crippen LogP contribution in [-0.2, 0) is 6.42 Å². The summed E-state index contributed by atoms with van der Waals surface area (Å²) in [5, 5.41) is 1.13. The summed E-state index contributed by atoms with van der Waals surface area (Å²) in [6.07, 6.45) is 8.01. The number of Topliss-reactive ketones (excluding diaryl/α,β-unsaturated/α-hetero) is 1. The highest BCUT2D eigenvalue weighted by Crippen LogP contribution is 2.46. The lowest BCUT2D eigenvalue weighted by Crippen LogP contribution is -2.35. The summed E-state index contributed by atoms with van der Waals surface area (Å²) in [5.74, 6) is 0.328. The maximum Gasteiger partial charge on any atom is 0.165 e. The van der Waals surface area contributed by atoms with Gasteiger partial charge in [0.05, 0.1) is 11.2 Å². The van der Waals surface area contributed by atoms with E-state index in [9.17, 15) is 4.79 Å². The first kappa shape index (κ1) is 13.0. The first-order chi connectivity index (χ1) is 10.2. The zero-order valence-corrected chi connectivity index (χ0v) is 12.6. The summed E-state index contributed by atoms with van der Waals surface area (Å²) in [6.45, 7) is 2.08. The molecule has 0 aliphatic heterocycles. The maximum absolute atomic E-state index is 12.8. The predicted molar refractivity (Wildman–Crippen MR) is 84.6 cm³/mol. The van der Waals surface area contributed by atoms with E-state index in [1.54, 1.807) is 0 Å². The van der Waals surface area contributed by atoms with Crippen LogP contribution in [0.2, 0.25) is 0 Å². The molecule has 0 atom stereocenters. The minimum atomic E-state index is 0.213. The fourth-order valence-corrected chi connectivity index (χ4v) is 4.44. The number of aromatic nitrogens is 1. The number of rotatable bonds is 0. The fourth-order valence-electron chi connectivity index (χ4n) is 4.44. The van der Waals surface area contributed by atoms with E-state index in [2.05, 4.69) is 19.1 Å². The normalized spacial score (nSPS) is 20.7. The number of hydrogen-bond acceptors (Lipinski definition) is 2.